The molecule has 1 unspecified atom stereocenters. The number of fused-ring (bicyclic) bond motifs is 1. The molecule has 1 N–H and O–H groups in total. The fraction of sp³-hybridized carbons (Fsp3) is 0.250. The predicted octanol–water partition coefficient (Wildman–Crippen LogP) is 4.26. The number of carbonyl (C=O) groups is 1. The van der Waals surface area contributed by atoms with Gasteiger partial charge in [-0.1, -0.05) is 23.7 Å². The second-order valence-electron chi connectivity index (χ2n) is 5.40. The van der Waals surface area contributed by atoms with E-state index in [2.05, 4.69) is 9.97 Å². The first kappa shape index (κ1) is 13.8. The Morgan fingerprint density at radius 1 is 1.32 bits per heavy atom. The number of para-hydroxylation sites is 2. The standard InChI is InChI=1S/C16H14ClN3OS/c17-14-8-7-13(22-14)16(21)20-9-3-6-12(20)15-18-10-4-1-2-5-11(10)19-15/h1-2,4-5,7-8,12H,3,6,9H2,(H,18,19). The van der Waals surface area contributed by atoms with E-state index in [0.717, 1.165) is 36.2 Å². The largest absolute Gasteiger partial charge is 0.340 e. The average Bonchev–Trinajstić information content (AvgIpc) is 3.24. The van der Waals surface area contributed by atoms with Gasteiger partial charge >= 0.3 is 0 Å². The number of halogens is 1. The van der Waals surface area contributed by atoms with Crippen molar-refractivity contribution in [2.45, 2.75) is 18.9 Å². The van der Waals surface area contributed by atoms with Crippen molar-refractivity contribution in [3.8, 4) is 0 Å². The minimum absolute atomic E-state index is 0.0146. The molecule has 4 nitrogen and oxygen atoms in total. The van der Waals surface area contributed by atoms with E-state index in [9.17, 15) is 4.79 Å². The van der Waals surface area contributed by atoms with Gasteiger partial charge in [-0.05, 0) is 37.1 Å². The zero-order valence-corrected chi connectivity index (χ0v) is 13.3. The number of hydrogen-bond donors (Lipinski definition) is 1. The molecule has 1 fully saturated rings. The van der Waals surface area contributed by atoms with Gasteiger partial charge in [-0.25, -0.2) is 4.98 Å². The normalized spacial score (nSPS) is 18.2. The molecule has 4 rings (SSSR count). The summed E-state index contributed by atoms with van der Waals surface area (Å²) in [6, 6.07) is 11.5. The van der Waals surface area contributed by atoms with Gasteiger partial charge < -0.3 is 9.88 Å². The number of nitrogens with one attached hydrogen (secondary N) is 1. The number of benzene rings is 1. The summed E-state index contributed by atoms with van der Waals surface area (Å²) in [6.45, 7) is 0.760. The molecule has 1 aliphatic heterocycles. The fourth-order valence-electron chi connectivity index (χ4n) is 3.00. The van der Waals surface area contributed by atoms with Crippen molar-refractivity contribution in [3.63, 3.8) is 0 Å². The minimum atomic E-state index is 0.0146. The van der Waals surface area contributed by atoms with Gasteiger partial charge in [0, 0.05) is 6.54 Å². The predicted molar refractivity (Wildman–Crippen MR) is 88.4 cm³/mol. The highest BCUT2D eigenvalue weighted by molar-refractivity contribution is 7.17. The van der Waals surface area contributed by atoms with Gasteiger partial charge in [0.25, 0.3) is 5.91 Å². The maximum Gasteiger partial charge on any atom is 0.264 e. The first-order chi connectivity index (χ1) is 10.7. The van der Waals surface area contributed by atoms with Gasteiger partial charge in [0.2, 0.25) is 0 Å². The van der Waals surface area contributed by atoms with Crippen molar-refractivity contribution in [1.82, 2.24) is 14.9 Å². The first-order valence-electron chi connectivity index (χ1n) is 7.23. The molecule has 22 heavy (non-hydrogen) atoms. The van der Waals surface area contributed by atoms with Gasteiger partial charge in [0.15, 0.2) is 0 Å². The van der Waals surface area contributed by atoms with Crippen LogP contribution < -0.4 is 0 Å². The Bertz CT molecular complexity index is 808. The van der Waals surface area contributed by atoms with E-state index < -0.39 is 0 Å². The van der Waals surface area contributed by atoms with E-state index in [-0.39, 0.29) is 11.9 Å². The number of carbonyl (C=O) groups excluding carboxylic acids is 1. The molecular weight excluding hydrogens is 318 g/mol. The summed E-state index contributed by atoms with van der Waals surface area (Å²) in [6.07, 6.45) is 1.93. The number of thiophene rings is 1. The van der Waals surface area contributed by atoms with Crippen molar-refractivity contribution in [3.05, 3.63) is 51.4 Å². The third kappa shape index (κ3) is 2.30. The highest BCUT2D eigenvalue weighted by atomic mass is 35.5. The van der Waals surface area contributed by atoms with Crippen LogP contribution in [0.2, 0.25) is 4.34 Å². The number of hydrogen-bond acceptors (Lipinski definition) is 3. The Kier molecular flexibility index (Phi) is 3.39. The molecule has 1 saturated heterocycles. The molecule has 6 heteroatoms. The van der Waals surface area contributed by atoms with Crippen LogP contribution >= 0.6 is 22.9 Å². The van der Waals surface area contributed by atoms with Crippen LogP contribution in [-0.4, -0.2) is 27.3 Å². The monoisotopic (exact) mass is 331 g/mol. The van der Waals surface area contributed by atoms with Crippen LogP contribution in [-0.2, 0) is 0 Å². The van der Waals surface area contributed by atoms with E-state index in [1.807, 2.05) is 29.2 Å². The highest BCUT2D eigenvalue weighted by Crippen LogP contribution is 2.34. The number of aromatic amines is 1. The van der Waals surface area contributed by atoms with Crippen LogP contribution in [0.25, 0.3) is 11.0 Å². The summed E-state index contributed by atoms with van der Waals surface area (Å²) < 4.78 is 0.642. The topological polar surface area (TPSA) is 49.0 Å². The Morgan fingerprint density at radius 3 is 2.95 bits per heavy atom. The molecule has 3 aromatic rings. The van der Waals surface area contributed by atoms with E-state index in [1.54, 1.807) is 12.1 Å². The third-order valence-corrected chi connectivity index (χ3v) is 5.24. The molecule has 112 valence electrons. The van der Waals surface area contributed by atoms with E-state index in [0.29, 0.717) is 9.21 Å². The Labute approximate surface area is 136 Å². The highest BCUT2D eigenvalue weighted by Gasteiger charge is 2.33. The molecule has 0 radical (unpaired) electrons. The number of amides is 1. The molecule has 1 atom stereocenters. The van der Waals surface area contributed by atoms with Crippen LogP contribution in [0.15, 0.2) is 36.4 Å². The summed E-state index contributed by atoms with van der Waals surface area (Å²) >= 11 is 7.28. The van der Waals surface area contributed by atoms with Gasteiger partial charge in [-0.3, -0.25) is 4.79 Å². The van der Waals surface area contributed by atoms with Crippen molar-refractivity contribution < 1.29 is 4.79 Å². The maximum atomic E-state index is 12.7. The van der Waals surface area contributed by atoms with Crippen molar-refractivity contribution in [1.29, 1.82) is 0 Å². The molecule has 0 bridgehead atoms. The van der Waals surface area contributed by atoms with Crippen molar-refractivity contribution in [2.75, 3.05) is 6.54 Å². The van der Waals surface area contributed by atoms with E-state index in [1.165, 1.54) is 11.3 Å². The van der Waals surface area contributed by atoms with Crippen molar-refractivity contribution in [2.24, 2.45) is 0 Å². The van der Waals surface area contributed by atoms with Crippen LogP contribution in [0.5, 0.6) is 0 Å². The summed E-state index contributed by atoms with van der Waals surface area (Å²) in [4.78, 5) is 23.3. The molecule has 1 amide bonds. The lowest BCUT2D eigenvalue weighted by atomic mass is 10.2. The Balaban J connectivity index is 1.67. The molecule has 0 aliphatic carbocycles. The number of likely N-dealkylation sites (tertiary alicyclic amines) is 1. The third-order valence-electron chi connectivity index (χ3n) is 4.02. The number of H-pyrrole nitrogens is 1. The van der Waals surface area contributed by atoms with Crippen LogP contribution in [0.1, 0.15) is 34.4 Å². The van der Waals surface area contributed by atoms with Gasteiger partial charge in [0.1, 0.15) is 5.82 Å². The lowest BCUT2D eigenvalue weighted by molar-refractivity contribution is 0.0735. The summed E-state index contributed by atoms with van der Waals surface area (Å²) in [7, 11) is 0. The maximum absolute atomic E-state index is 12.7. The molecule has 2 aromatic heterocycles. The van der Waals surface area contributed by atoms with Crippen LogP contribution in [0.3, 0.4) is 0 Å². The van der Waals surface area contributed by atoms with E-state index >= 15 is 0 Å². The molecule has 1 aromatic carbocycles. The van der Waals surface area contributed by atoms with Crippen LogP contribution in [0.4, 0.5) is 0 Å². The van der Waals surface area contributed by atoms with Gasteiger partial charge in [-0.2, -0.15) is 0 Å². The molecule has 1 aliphatic rings. The number of aromatic nitrogens is 2. The zero-order chi connectivity index (χ0) is 15.1. The smallest absolute Gasteiger partial charge is 0.264 e. The van der Waals surface area contributed by atoms with Crippen molar-refractivity contribution >= 4 is 39.9 Å². The zero-order valence-electron chi connectivity index (χ0n) is 11.8. The summed E-state index contributed by atoms with van der Waals surface area (Å²) in [5.41, 5.74) is 1.95. The Morgan fingerprint density at radius 2 is 2.18 bits per heavy atom. The number of imidazole rings is 1. The number of nitrogens with zero attached hydrogens (tertiary/aromatic N) is 2. The quantitative estimate of drug-likeness (QED) is 0.763. The summed E-state index contributed by atoms with van der Waals surface area (Å²) in [5, 5.41) is 0. The van der Waals surface area contributed by atoms with Gasteiger partial charge in [0.05, 0.1) is 26.3 Å². The second-order valence-corrected chi connectivity index (χ2v) is 7.11. The average molecular weight is 332 g/mol. The first-order valence-corrected chi connectivity index (χ1v) is 8.43. The SMILES string of the molecule is O=C(c1ccc(Cl)s1)N1CCCC1c1nc2ccccc2[nH]1. The van der Waals surface area contributed by atoms with Crippen LogP contribution in [0, 0.1) is 0 Å². The molecule has 0 spiro atoms. The lowest BCUT2D eigenvalue weighted by Crippen LogP contribution is -2.30. The number of rotatable bonds is 2. The second kappa shape index (κ2) is 5.41. The fourth-order valence-corrected chi connectivity index (χ4v) is 3.99. The minimum Gasteiger partial charge on any atom is -0.340 e. The lowest BCUT2D eigenvalue weighted by Gasteiger charge is -2.22. The van der Waals surface area contributed by atoms with Gasteiger partial charge in [-0.15, -0.1) is 11.3 Å². The van der Waals surface area contributed by atoms with E-state index in [4.69, 9.17) is 11.6 Å². The molecule has 0 saturated carbocycles. The molecular formula is C16H14ClN3OS. The summed E-state index contributed by atoms with van der Waals surface area (Å²) in [5.74, 6) is 0.912. The molecule has 3 heterocycles. The Hall–Kier alpha value is -1.85.